The second-order valence-corrected chi connectivity index (χ2v) is 12.1. The highest BCUT2D eigenvalue weighted by Gasteiger charge is 2.50. The van der Waals surface area contributed by atoms with Crippen LogP contribution in [-0.4, -0.2) is 53.8 Å². The molecule has 4 rings (SSSR count). The molecule has 3 aromatic rings. The van der Waals surface area contributed by atoms with Crippen molar-refractivity contribution in [3.63, 3.8) is 0 Å². The fourth-order valence-corrected chi connectivity index (χ4v) is 5.18. The van der Waals surface area contributed by atoms with Crippen molar-refractivity contribution in [1.82, 2.24) is 16.0 Å². The van der Waals surface area contributed by atoms with Gasteiger partial charge in [-0.2, -0.15) is 0 Å². The molecule has 1 fully saturated rings. The molecule has 0 bridgehead atoms. The Kier molecular flexibility index (Phi) is 11.7. The Morgan fingerprint density at radius 2 is 1.30 bits per heavy atom. The number of ether oxygens (including phenoxy) is 1. The molecule has 3 N–H and O–H groups in total. The van der Waals surface area contributed by atoms with Crippen molar-refractivity contribution in [3.8, 4) is 0 Å². The lowest BCUT2D eigenvalue weighted by atomic mass is 9.93. The molecule has 0 aliphatic carbocycles. The lowest BCUT2D eigenvalue weighted by molar-refractivity contribution is -0.134. The number of nitrogens with zero attached hydrogens (tertiary/aromatic N) is 3. The van der Waals surface area contributed by atoms with Crippen LogP contribution >= 0.6 is 0 Å². The number of benzene rings is 3. The van der Waals surface area contributed by atoms with Crippen molar-refractivity contribution in [1.29, 1.82) is 0 Å². The molecule has 1 heterocycles. The summed E-state index contributed by atoms with van der Waals surface area (Å²) in [4.78, 5) is 57.4. The number of carbonyl (C=O) groups excluding carboxylic acids is 4. The van der Waals surface area contributed by atoms with E-state index in [4.69, 9.17) is 4.74 Å². The van der Waals surface area contributed by atoms with Crippen molar-refractivity contribution in [2.75, 3.05) is 6.61 Å². The molecule has 11 heteroatoms. The van der Waals surface area contributed by atoms with Gasteiger partial charge in [-0.05, 0) is 47.9 Å². The molecule has 1 aliphatic heterocycles. The summed E-state index contributed by atoms with van der Waals surface area (Å²) in [5.74, 6) is -1.92. The highest BCUT2D eigenvalue weighted by molar-refractivity contribution is 5.98. The third-order valence-corrected chi connectivity index (χ3v) is 7.80. The summed E-state index contributed by atoms with van der Waals surface area (Å²) in [7, 11) is 0. The first-order valence-electron chi connectivity index (χ1n) is 15.4. The monoisotopic (exact) mass is 624 g/mol. The van der Waals surface area contributed by atoms with Crippen LogP contribution in [0.4, 0.5) is 0 Å². The number of epoxide rings is 1. The van der Waals surface area contributed by atoms with E-state index in [0.717, 1.165) is 11.1 Å². The Morgan fingerprint density at radius 1 is 0.783 bits per heavy atom. The molecular formula is C35H40N6O5. The van der Waals surface area contributed by atoms with E-state index >= 15 is 0 Å². The molecule has 0 aromatic heterocycles. The van der Waals surface area contributed by atoms with Gasteiger partial charge >= 0.3 is 0 Å². The molecule has 0 saturated carbocycles. The van der Waals surface area contributed by atoms with Crippen LogP contribution in [0, 0.1) is 5.92 Å². The van der Waals surface area contributed by atoms with E-state index in [1.165, 1.54) is 0 Å². The topological polar surface area (TPSA) is 166 Å². The molecular weight excluding hydrogens is 584 g/mol. The van der Waals surface area contributed by atoms with Gasteiger partial charge in [0.2, 0.25) is 17.7 Å². The Bertz CT molecular complexity index is 1540. The molecule has 0 spiro atoms. The Labute approximate surface area is 268 Å². The van der Waals surface area contributed by atoms with Gasteiger partial charge in [-0.1, -0.05) is 110 Å². The number of carbonyl (C=O) groups is 4. The Hall–Kier alpha value is -4.99. The van der Waals surface area contributed by atoms with Crippen LogP contribution in [-0.2, 0) is 36.8 Å². The minimum Gasteiger partial charge on any atom is -0.361 e. The zero-order chi connectivity index (χ0) is 33.1. The summed E-state index contributed by atoms with van der Waals surface area (Å²) in [6.45, 7) is 5.91. The normalized spacial score (nSPS) is 17.8. The summed E-state index contributed by atoms with van der Waals surface area (Å²) in [5, 5.41) is 12.1. The number of hydrogen-bond acceptors (Lipinski definition) is 6. The van der Waals surface area contributed by atoms with Crippen LogP contribution < -0.4 is 16.0 Å². The van der Waals surface area contributed by atoms with E-state index in [0.29, 0.717) is 18.6 Å². The van der Waals surface area contributed by atoms with Gasteiger partial charge < -0.3 is 20.7 Å². The largest absolute Gasteiger partial charge is 0.361 e. The number of hydrogen-bond donors (Lipinski definition) is 3. The fraction of sp³-hybridized carbons (Fsp3) is 0.371. The molecule has 1 aliphatic rings. The van der Waals surface area contributed by atoms with Crippen LogP contribution in [0.25, 0.3) is 10.4 Å². The third-order valence-electron chi connectivity index (χ3n) is 7.80. The van der Waals surface area contributed by atoms with Crippen LogP contribution in [0.1, 0.15) is 49.9 Å². The summed E-state index contributed by atoms with van der Waals surface area (Å²) < 4.78 is 5.37. The quantitative estimate of drug-likeness (QED) is 0.0930. The zero-order valence-electron chi connectivity index (χ0n) is 26.3. The summed E-state index contributed by atoms with van der Waals surface area (Å²) in [5.41, 5.74) is 10.3. The first kappa shape index (κ1) is 33.9. The van der Waals surface area contributed by atoms with E-state index < -0.39 is 47.5 Å². The van der Waals surface area contributed by atoms with Crippen LogP contribution in [0.5, 0.6) is 0 Å². The summed E-state index contributed by atoms with van der Waals surface area (Å²) in [6, 6.07) is 22.7. The third kappa shape index (κ3) is 9.50. The second kappa shape index (κ2) is 15.8. The maximum Gasteiger partial charge on any atom is 0.247 e. The van der Waals surface area contributed by atoms with Crippen molar-refractivity contribution in [3.05, 3.63) is 118 Å². The maximum absolute atomic E-state index is 14.0. The number of Topliss-reactive ketones (excluding diaryl/α,β-unsaturated/α-hetero) is 1. The maximum atomic E-state index is 14.0. The Balaban J connectivity index is 1.59. The summed E-state index contributed by atoms with van der Waals surface area (Å²) in [6.07, 6.45) is 0.673. The lowest BCUT2D eigenvalue weighted by Gasteiger charge is -2.27. The zero-order valence-corrected chi connectivity index (χ0v) is 26.3. The number of amides is 3. The molecule has 46 heavy (non-hydrogen) atoms. The standard InChI is InChI=1S/C35H40N6O5/c1-23(2)19-27(31(42)35(3)22-46-35)37-32(43)28(20-24-13-7-4-8-14-24)38-34(45)30(26-17-11-6-12-18-26)39-33(44)29(40-41-36)21-25-15-9-5-10-16-25/h4-18,23,27-30H,19-22H2,1-3H3,(H,37,43)(H,38,45)(H,39,44)/t27-,28-,29?,30-,35+/m0/s1. The second-order valence-electron chi connectivity index (χ2n) is 12.1. The molecule has 3 aromatic carbocycles. The van der Waals surface area contributed by atoms with Gasteiger partial charge in [0.05, 0.1) is 12.6 Å². The Morgan fingerprint density at radius 3 is 1.83 bits per heavy atom. The van der Waals surface area contributed by atoms with E-state index in [1.807, 2.05) is 74.5 Å². The smallest absolute Gasteiger partial charge is 0.247 e. The predicted octanol–water partition coefficient (Wildman–Crippen LogP) is 4.38. The van der Waals surface area contributed by atoms with Crippen LogP contribution in [0.15, 0.2) is 96.1 Å². The van der Waals surface area contributed by atoms with Gasteiger partial charge in [0.15, 0.2) is 5.78 Å². The number of rotatable bonds is 16. The first-order chi connectivity index (χ1) is 22.1. The van der Waals surface area contributed by atoms with Gasteiger partial charge in [-0.3, -0.25) is 19.2 Å². The van der Waals surface area contributed by atoms with Crippen molar-refractivity contribution >= 4 is 23.5 Å². The predicted molar refractivity (Wildman–Crippen MR) is 173 cm³/mol. The van der Waals surface area contributed by atoms with Gasteiger partial charge in [-0.25, -0.2) is 0 Å². The average Bonchev–Trinajstić information content (AvgIpc) is 3.81. The molecule has 11 nitrogen and oxygen atoms in total. The van der Waals surface area contributed by atoms with E-state index in [-0.39, 0.29) is 24.5 Å². The van der Waals surface area contributed by atoms with E-state index in [1.54, 1.807) is 37.3 Å². The van der Waals surface area contributed by atoms with Gasteiger partial charge in [0.1, 0.15) is 23.7 Å². The molecule has 3 amide bonds. The molecule has 1 saturated heterocycles. The van der Waals surface area contributed by atoms with Gasteiger partial charge in [0, 0.05) is 11.3 Å². The number of ketones is 1. The molecule has 1 unspecified atom stereocenters. The minimum absolute atomic E-state index is 0.108. The first-order valence-corrected chi connectivity index (χ1v) is 15.4. The summed E-state index contributed by atoms with van der Waals surface area (Å²) >= 11 is 0. The fourth-order valence-electron chi connectivity index (χ4n) is 5.18. The minimum atomic E-state index is -1.21. The van der Waals surface area contributed by atoms with Crippen molar-refractivity contribution < 1.29 is 23.9 Å². The van der Waals surface area contributed by atoms with E-state index in [2.05, 4.69) is 26.0 Å². The highest BCUT2D eigenvalue weighted by atomic mass is 16.6. The van der Waals surface area contributed by atoms with Crippen LogP contribution in [0.2, 0.25) is 0 Å². The van der Waals surface area contributed by atoms with E-state index in [9.17, 15) is 24.7 Å². The van der Waals surface area contributed by atoms with Gasteiger partial charge in [0.25, 0.3) is 0 Å². The average molecular weight is 625 g/mol. The number of nitrogens with one attached hydrogen (secondary N) is 3. The molecule has 5 atom stereocenters. The van der Waals surface area contributed by atoms with Crippen LogP contribution in [0.3, 0.4) is 0 Å². The van der Waals surface area contributed by atoms with Crippen molar-refractivity contribution in [2.45, 2.75) is 69.8 Å². The molecule has 0 radical (unpaired) electrons. The SMILES string of the molecule is CC(C)C[C@H](NC(=O)[C@H](Cc1ccccc1)NC(=O)[C@@H](NC(=O)C(Cc1ccccc1)N=[N+]=[N-])c1ccccc1)C(=O)[C@@]1(C)CO1. The van der Waals surface area contributed by atoms with Crippen molar-refractivity contribution in [2.24, 2.45) is 11.0 Å². The molecule has 240 valence electrons. The highest BCUT2D eigenvalue weighted by Crippen LogP contribution is 2.29. The lowest BCUT2D eigenvalue weighted by Crippen LogP contribution is -2.56. The number of azide groups is 1. The van der Waals surface area contributed by atoms with Gasteiger partial charge in [-0.15, -0.1) is 0 Å².